The number of sulfonamides is 1. The summed E-state index contributed by atoms with van der Waals surface area (Å²) in [5.74, 6) is 0. The highest BCUT2D eigenvalue weighted by Crippen LogP contribution is 2.22. The molecule has 0 saturated carbocycles. The van der Waals surface area contributed by atoms with Crippen molar-refractivity contribution in [2.45, 2.75) is 51.6 Å². The standard InChI is InChI=1S/C15H26N2O2S/c1-5-11-17(13(3)4)20(18,19)15-10-8-7-9-14(15)12-16-6-2/h7-10,13,16H,5-6,11-12H2,1-4H3. The van der Waals surface area contributed by atoms with Crippen LogP contribution in [-0.2, 0) is 16.6 Å². The van der Waals surface area contributed by atoms with Gasteiger partial charge in [-0.2, -0.15) is 4.31 Å². The van der Waals surface area contributed by atoms with Gasteiger partial charge in [0, 0.05) is 19.1 Å². The Hall–Kier alpha value is -0.910. The van der Waals surface area contributed by atoms with E-state index in [2.05, 4.69) is 5.32 Å². The molecule has 1 rings (SSSR count). The highest BCUT2D eigenvalue weighted by molar-refractivity contribution is 7.89. The van der Waals surface area contributed by atoms with E-state index in [1.54, 1.807) is 16.4 Å². The Morgan fingerprint density at radius 3 is 2.40 bits per heavy atom. The largest absolute Gasteiger partial charge is 0.313 e. The molecular formula is C15H26N2O2S. The summed E-state index contributed by atoms with van der Waals surface area (Å²) in [6.07, 6.45) is 0.812. The van der Waals surface area contributed by atoms with Crippen LogP contribution in [0, 0.1) is 0 Å². The van der Waals surface area contributed by atoms with Crippen molar-refractivity contribution in [3.8, 4) is 0 Å². The highest BCUT2D eigenvalue weighted by atomic mass is 32.2. The van der Waals surface area contributed by atoms with Crippen LogP contribution in [0.1, 0.15) is 39.7 Å². The minimum Gasteiger partial charge on any atom is -0.313 e. The second-order valence-corrected chi connectivity index (χ2v) is 6.96. The Bertz CT molecular complexity index is 512. The zero-order chi connectivity index (χ0) is 15.2. The monoisotopic (exact) mass is 298 g/mol. The average molecular weight is 298 g/mol. The van der Waals surface area contributed by atoms with E-state index in [9.17, 15) is 8.42 Å². The number of hydrogen-bond acceptors (Lipinski definition) is 3. The lowest BCUT2D eigenvalue weighted by atomic mass is 10.2. The Kier molecular flexibility index (Phi) is 6.65. The maximum Gasteiger partial charge on any atom is 0.243 e. The lowest BCUT2D eigenvalue weighted by Gasteiger charge is -2.26. The minimum atomic E-state index is -3.43. The van der Waals surface area contributed by atoms with Crippen LogP contribution in [0.15, 0.2) is 29.2 Å². The zero-order valence-corrected chi connectivity index (χ0v) is 13.7. The Morgan fingerprint density at radius 1 is 1.20 bits per heavy atom. The third kappa shape index (κ3) is 4.04. The number of nitrogens with one attached hydrogen (secondary N) is 1. The van der Waals surface area contributed by atoms with Gasteiger partial charge in [-0.1, -0.05) is 32.0 Å². The first-order valence-corrected chi connectivity index (χ1v) is 8.69. The van der Waals surface area contributed by atoms with Crippen LogP contribution in [0.3, 0.4) is 0 Å². The van der Waals surface area contributed by atoms with Gasteiger partial charge in [-0.3, -0.25) is 0 Å². The molecule has 0 radical (unpaired) electrons. The van der Waals surface area contributed by atoms with Gasteiger partial charge in [0.05, 0.1) is 4.90 Å². The summed E-state index contributed by atoms with van der Waals surface area (Å²) in [6.45, 7) is 9.78. The molecule has 0 atom stereocenters. The van der Waals surface area contributed by atoms with Gasteiger partial charge in [0.1, 0.15) is 0 Å². The van der Waals surface area contributed by atoms with E-state index in [-0.39, 0.29) is 6.04 Å². The van der Waals surface area contributed by atoms with Crippen LogP contribution in [-0.4, -0.2) is 31.9 Å². The molecule has 0 fully saturated rings. The van der Waals surface area contributed by atoms with E-state index in [0.29, 0.717) is 18.0 Å². The SMILES string of the molecule is CCCN(C(C)C)S(=O)(=O)c1ccccc1CNCC. The molecule has 0 aliphatic heterocycles. The Morgan fingerprint density at radius 2 is 1.85 bits per heavy atom. The van der Waals surface area contributed by atoms with Crippen molar-refractivity contribution in [3.05, 3.63) is 29.8 Å². The molecule has 1 aromatic rings. The summed E-state index contributed by atoms with van der Waals surface area (Å²) in [4.78, 5) is 0.420. The van der Waals surface area contributed by atoms with Crippen LogP contribution >= 0.6 is 0 Å². The molecule has 0 spiro atoms. The molecule has 1 aromatic carbocycles. The Balaban J connectivity index is 3.19. The summed E-state index contributed by atoms with van der Waals surface area (Å²) >= 11 is 0. The topological polar surface area (TPSA) is 49.4 Å². The molecular weight excluding hydrogens is 272 g/mol. The molecule has 114 valence electrons. The molecule has 1 N–H and O–H groups in total. The molecule has 0 aliphatic rings. The third-order valence-electron chi connectivity index (χ3n) is 3.14. The van der Waals surface area contributed by atoms with E-state index < -0.39 is 10.0 Å². The predicted molar refractivity (Wildman–Crippen MR) is 83.1 cm³/mol. The van der Waals surface area contributed by atoms with E-state index in [4.69, 9.17) is 0 Å². The molecule has 5 heteroatoms. The fourth-order valence-corrected chi connectivity index (χ4v) is 4.12. The molecule has 20 heavy (non-hydrogen) atoms. The first kappa shape index (κ1) is 17.1. The fraction of sp³-hybridized carbons (Fsp3) is 0.600. The van der Waals surface area contributed by atoms with Gasteiger partial charge in [-0.25, -0.2) is 8.42 Å². The van der Waals surface area contributed by atoms with Crippen LogP contribution < -0.4 is 5.32 Å². The summed E-state index contributed by atoms with van der Waals surface area (Å²) in [5.41, 5.74) is 0.830. The number of hydrogen-bond donors (Lipinski definition) is 1. The zero-order valence-electron chi connectivity index (χ0n) is 12.9. The van der Waals surface area contributed by atoms with Crippen molar-refractivity contribution < 1.29 is 8.42 Å². The molecule has 4 nitrogen and oxygen atoms in total. The lowest BCUT2D eigenvalue weighted by Crippen LogP contribution is -2.38. The van der Waals surface area contributed by atoms with Crippen molar-refractivity contribution in [3.63, 3.8) is 0 Å². The van der Waals surface area contributed by atoms with Crippen LogP contribution in [0.2, 0.25) is 0 Å². The van der Waals surface area contributed by atoms with Gasteiger partial charge in [0.15, 0.2) is 0 Å². The minimum absolute atomic E-state index is 0.0351. The average Bonchev–Trinajstić information content (AvgIpc) is 2.42. The summed E-state index contributed by atoms with van der Waals surface area (Å²) in [7, 11) is -3.43. The Labute approximate surface area is 123 Å². The van der Waals surface area contributed by atoms with Crippen LogP contribution in [0.4, 0.5) is 0 Å². The van der Waals surface area contributed by atoms with Gasteiger partial charge in [0.2, 0.25) is 10.0 Å². The van der Waals surface area contributed by atoms with Gasteiger partial charge in [-0.05, 0) is 38.4 Å². The van der Waals surface area contributed by atoms with Crippen LogP contribution in [0.25, 0.3) is 0 Å². The van der Waals surface area contributed by atoms with Crippen LogP contribution in [0.5, 0.6) is 0 Å². The quantitative estimate of drug-likeness (QED) is 0.802. The second-order valence-electron chi connectivity index (χ2n) is 5.10. The van der Waals surface area contributed by atoms with Gasteiger partial charge < -0.3 is 5.32 Å². The summed E-state index contributed by atoms with van der Waals surface area (Å²) in [6, 6.07) is 7.21. The molecule has 0 heterocycles. The first-order chi connectivity index (χ1) is 9.45. The van der Waals surface area contributed by atoms with Crippen molar-refractivity contribution in [1.82, 2.24) is 9.62 Å². The van der Waals surface area contributed by atoms with Crippen molar-refractivity contribution in [2.24, 2.45) is 0 Å². The predicted octanol–water partition coefficient (Wildman–Crippen LogP) is 2.61. The van der Waals surface area contributed by atoms with E-state index >= 15 is 0 Å². The van der Waals surface area contributed by atoms with E-state index in [1.807, 2.05) is 39.8 Å². The first-order valence-electron chi connectivity index (χ1n) is 7.25. The maximum absolute atomic E-state index is 12.8. The van der Waals surface area contributed by atoms with E-state index in [0.717, 1.165) is 18.5 Å². The maximum atomic E-state index is 12.8. The number of benzene rings is 1. The molecule has 0 bridgehead atoms. The second kappa shape index (κ2) is 7.76. The molecule has 0 aromatic heterocycles. The smallest absolute Gasteiger partial charge is 0.243 e. The fourth-order valence-electron chi connectivity index (χ4n) is 2.16. The molecule has 0 unspecified atom stereocenters. The molecule has 0 amide bonds. The van der Waals surface area contributed by atoms with E-state index in [1.165, 1.54) is 0 Å². The molecule has 0 aliphatic carbocycles. The number of nitrogens with zero attached hydrogens (tertiary/aromatic N) is 1. The van der Waals surface area contributed by atoms with Crippen molar-refractivity contribution >= 4 is 10.0 Å². The molecule has 0 saturated heterocycles. The lowest BCUT2D eigenvalue weighted by molar-refractivity contribution is 0.353. The third-order valence-corrected chi connectivity index (χ3v) is 5.32. The van der Waals surface area contributed by atoms with Gasteiger partial charge in [-0.15, -0.1) is 0 Å². The summed E-state index contributed by atoms with van der Waals surface area (Å²) in [5, 5.41) is 3.19. The van der Waals surface area contributed by atoms with Gasteiger partial charge in [0.25, 0.3) is 0 Å². The van der Waals surface area contributed by atoms with Gasteiger partial charge >= 0.3 is 0 Å². The highest BCUT2D eigenvalue weighted by Gasteiger charge is 2.27. The van der Waals surface area contributed by atoms with Crippen molar-refractivity contribution in [2.75, 3.05) is 13.1 Å². The number of rotatable bonds is 8. The summed E-state index contributed by atoms with van der Waals surface area (Å²) < 4.78 is 27.3. The normalized spacial score (nSPS) is 12.3. The van der Waals surface area contributed by atoms with Crippen molar-refractivity contribution in [1.29, 1.82) is 0 Å².